The van der Waals surface area contributed by atoms with Crippen LogP contribution in [0.5, 0.6) is 5.75 Å². The van der Waals surface area contributed by atoms with Crippen LogP contribution in [0.15, 0.2) is 36.4 Å². The molecule has 1 amide bonds. The highest BCUT2D eigenvalue weighted by atomic mass is 16.5. The van der Waals surface area contributed by atoms with Crippen LogP contribution in [-0.4, -0.2) is 12.5 Å². The van der Waals surface area contributed by atoms with Crippen LogP contribution in [0.1, 0.15) is 47.6 Å². The number of amides is 1. The first kappa shape index (κ1) is 17.3. The number of fused-ring (bicyclic) bond motifs is 1. The molecule has 0 aromatic heterocycles. The highest BCUT2D eigenvalue weighted by Gasteiger charge is 2.21. The minimum atomic E-state index is 0.0278. The lowest BCUT2D eigenvalue weighted by Gasteiger charge is -2.26. The number of hydrogen-bond acceptors (Lipinski definition) is 3. The van der Waals surface area contributed by atoms with Gasteiger partial charge in [-0.2, -0.15) is 0 Å². The lowest BCUT2D eigenvalue weighted by Crippen LogP contribution is -2.31. The first-order chi connectivity index (χ1) is 12.0. The van der Waals surface area contributed by atoms with Gasteiger partial charge in [0.2, 0.25) is 5.91 Å². The zero-order chi connectivity index (χ0) is 17.8. The number of carbonyl (C=O) groups is 1. The Morgan fingerprint density at radius 2 is 2.12 bits per heavy atom. The molecule has 2 aromatic rings. The predicted molar refractivity (Wildman–Crippen MR) is 101 cm³/mol. The average Bonchev–Trinajstić information content (AvgIpc) is 2.58. The maximum absolute atomic E-state index is 12.3. The highest BCUT2D eigenvalue weighted by Crippen LogP contribution is 2.31. The molecule has 4 nitrogen and oxygen atoms in total. The van der Waals surface area contributed by atoms with Crippen molar-refractivity contribution in [1.82, 2.24) is 5.32 Å². The van der Waals surface area contributed by atoms with Crippen molar-refractivity contribution >= 4 is 11.6 Å². The summed E-state index contributed by atoms with van der Waals surface area (Å²) < 4.78 is 5.79. The minimum absolute atomic E-state index is 0.0278. The largest absolute Gasteiger partial charge is 0.493 e. The van der Waals surface area contributed by atoms with E-state index in [1.807, 2.05) is 37.3 Å². The molecule has 1 unspecified atom stereocenters. The average molecular weight is 338 g/mol. The normalized spacial score (nSPS) is 16.2. The van der Waals surface area contributed by atoms with E-state index >= 15 is 0 Å². The summed E-state index contributed by atoms with van der Waals surface area (Å²) >= 11 is 0. The van der Waals surface area contributed by atoms with Gasteiger partial charge in [0.25, 0.3) is 0 Å². The third kappa shape index (κ3) is 4.13. The molecule has 3 N–H and O–H groups in total. The van der Waals surface area contributed by atoms with Crippen molar-refractivity contribution in [2.75, 3.05) is 12.3 Å². The SMILES string of the molecule is Cc1cccc(OCCC(=O)NC2CCCc3cc(N)ccc32)c1C. The Kier molecular flexibility index (Phi) is 5.27. The molecule has 0 heterocycles. The second-order valence-corrected chi connectivity index (χ2v) is 6.77. The molecule has 0 aliphatic heterocycles. The number of benzene rings is 2. The number of hydrogen-bond donors (Lipinski definition) is 2. The Hall–Kier alpha value is -2.49. The van der Waals surface area contributed by atoms with E-state index in [1.54, 1.807) is 0 Å². The van der Waals surface area contributed by atoms with Crippen LogP contribution in [0.4, 0.5) is 5.69 Å². The summed E-state index contributed by atoms with van der Waals surface area (Å²) in [6.45, 7) is 4.48. The highest BCUT2D eigenvalue weighted by molar-refractivity contribution is 5.76. The maximum atomic E-state index is 12.3. The van der Waals surface area contributed by atoms with Gasteiger partial charge in [-0.05, 0) is 73.6 Å². The molecule has 0 spiro atoms. The first-order valence-corrected chi connectivity index (χ1v) is 8.91. The van der Waals surface area contributed by atoms with Gasteiger partial charge in [-0.3, -0.25) is 4.79 Å². The van der Waals surface area contributed by atoms with Crippen LogP contribution in [0, 0.1) is 13.8 Å². The third-order valence-electron chi connectivity index (χ3n) is 4.96. The molecule has 3 rings (SSSR count). The molecule has 25 heavy (non-hydrogen) atoms. The van der Waals surface area contributed by atoms with E-state index in [1.165, 1.54) is 16.7 Å². The van der Waals surface area contributed by atoms with Crippen LogP contribution in [0.25, 0.3) is 0 Å². The smallest absolute Gasteiger partial charge is 0.223 e. The number of aryl methyl sites for hydroxylation is 2. The fourth-order valence-electron chi connectivity index (χ4n) is 3.38. The lowest BCUT2D eigenvalue weighted by molar-refractivity contribution is -0.122. The number of rotatable bonds is 5. The van der Waals surface area contributed by atoms with Gasteiger partial charge < -0.3 is 15.8 Å². The Morgan fingerprint density at radius 1 is 1.28 bits per heavy atom. The summed E-state index contributed by atoms with van der Waals surface area (Å²) in [5, 5.41) is 3.15. The van der Waals surface area contributed by atoms with Crippen molar-refractivity contribution in [3.63, 3.8) is 0 Å². The van der Waals surface area contributed by atoms with Crippen LogP contribution in [0.2, 0.25) is 0 Å². The number of nitrogen functional groups attached to an aromatic ring is 1. The molecule has 0 saturated carbocycles. The van der Waals surface area contributed by atoms with Crippen LogP contribution in [-0.2, 0) is 11.2 Å². The summed E-state index contributed by atoms with van der Waals surface area (Å²) in [5.74, 6) is 0.881. The van der Waals surface area contributed by atoms with Gasteiger partial charge in [0, 0.05) is 5.69 Å². The molecular formula is C21H26N2O2. The van der Waals surface area contributed by atoms with Crippen molar-refractivity contribution in [3.05, 3.63) is 58.7 Å². The Balaban J connectivity index is 1.54. The molecule has 1 aliphatic carbocycles. The van der Waals surface area contributed by atoms with Gasteiger partial charge in [-0.25, -0.2) is 0 Å². The minimum Gasteiger partial charge on any atom is -0.493 e. The molecule has 1 aliphatic rings. The first-order valence-electron chi connectivity index (χ1n) is 8.91. The Bertz CT molecular complexity index is 770. The van der Waals surface area contributed by atoms with E-state index in [9.17, 15) is 4.79 Å². The maximum Gasteiger partial charge on any atom is 0.223 e. The van der Waals surface area contributed by atoms with Gasteiger partial charge in [-0.1, -0.05) is 18.2 Å². The van der Waals surface area contributed by atoms with E-state index in [2.05, 4.69) is 18.3 Å². The summed E-state index contributed by atoms with van der Waals surface area (Å²) in [5.41, 5.74) is 11.4. The van der Waals surface area contributed by atoms with Crippen molar-refractivity contribution < 1.29 is 9.53 Å². The zero-order valence-corrected chi connectivity index (χ0v) is 15.0. The van der Waals surface area contributed by atoms with E-state index in [4.69, 9.17) is 10.5 Å². The van der Waals surface area contributed by atoms with Crippen molar-refractivity contribution in [3.8, 4) is 5.75 Å². The fourth-order valence-corrected chi connectivity index (χ4v) is 3.38. The second kappa shape index (κ2) is 7.60. The Morgan fingerprint density at radius 3 is 2.96 bits per heavy atom. The molecule has 132 valence electrons. The number of anilines is 1. The van der Waals surface area contributed by atoms with Gasteiger partial charge in [0.15, 0.2) is 0 Å². The molecule has 4 heteroatoms. The molecule has 0 radical (unpaired) electrons. The summed E-state index contributed by atoms with van der Waals surface area (Å²) in [6, 6.07) is 12.0. The topological polar surface area (TPSA) is 64.3 Å². The van der Waals surface area contributed by atoms with Gasteiger partial charge >= 0.3 is 0 Å². The molecule has 0 saturated heterocycles. The quantitative estimate of drug-likeness (QED) is 0.814. The summed E-state index contributed by atoms with van der Waals surface area (Å²) in [6.07, 6.45) is 3.43. The van der Waals surface area contributed by atoms with Crippen molar-refractivity contribution in [1.29, 1.82) is 0 Å². The second-order valence-electron chi connectivity index (χ2n) is 6.77. The molecule has 0 fully saturated rings. The van der Waals surface area contributed by atoms with E-state index < -0.39 is 0 Å². The van der Waals surface area contributed by atoms with Gasteiger partial charge in [-0.15, -0.1) is 0 Å². The number of nitrogens with two attached hydrogens (primary N) is 1. The standard InChI is InChI=1S/C21H26N2O2/c1-14-5-3-8-20(15(14)2)25-12-11-21(24)23-19-7-4-6-16-13-17(22)9-10-18(16)19/h3,5,8-10,13,19H,4,6-7,11-12,22H2,1-2H3,(H,23,24). The molecule has 1 atom stereocenters. The predicted octanol–water partition coefficient (Wildman–Crippen LogP) is 3.85. The van der Waals surface area contributed by atoms with Crippen LogP contribution >= 0.6 is 0 Å². The molecule has 2 aromatic carbocycles. The van der Waals surface area contributed by atoms with E-state index in [-0.39, 0.29) is 11.9 Å². The van der Waals surface area contributed by atoms with Gasteiger partial charge in [0.05, 0.1) is 19.1 Å². The fraction of sp³-hybridized carbons (Fsp3) is 0.381. The zero-order valence-electron chi connectivity index (χ0n) is 15.0. The third-order valence-corrected chi connectivity index (χ3v) is 4.96. The van der Waals surface area contributed by atoms with E-state index in [0.29, 0.717) is 13.0 Å². The van der Waals surface area contributed by atoms with Crippen molar-refractivity contribution in [2.24, 2.45) is 0 Å². The van der Waals surface area contributed by atoms with Crippen LogP contribution in [0.3, 0.4) is 0 Å². The number of ether oxygens (including phenoxy) is 1. The lowest BCUT2D eigenvalue weighted by atomic mass is 9.87. The summed E-state index contributed by atoms with van der Waals surface area (Å²) in [7, 11) is 0. The number of carbonyl (C=O) groups excluding carboxylic acids is 1. The molecular weight excluding hydrogens is 312 g/mol. The molecule has 0 bridgehead atoms. The summed E-state index contributed by atoms with van der Waals surface area (Å²) in [4.78, 5) is 12.3. The monoisotopic (exact) mass is 338 g/mol. The Labute approximate surface area is 149 Å². The van der Waals surface area contributed by atoms with Gasteiger partial charge in [0.1, 0.15) is 5.75 Å². The number of nitrogens with one attached hydrogen (secondary N) is 1. The van der Waals surface area contributed by atoms with E-state index in [0.717, 1.165) is 36.3 Å². The van der Waals surface area contributed by atoms with Crippen molar-refractivity contribution in [2.45, 2.75) is 45.6 Å². The van der Waals surface area contributed by atoms with Crippen LogP contribution < -0.4 is 15.8 Å².